The van der Waals surface area contributed by atoms with Gasteiger partial charge in [-0.2, -0.15) is 0 Å². The molecule has 1 N–H and O–H groups in total. The zero-order valence-electron chi connectivity index (χ0n) is 14.0. The first kappa shape index (κ1) is 15.1. The Morgan fingerprint density at radius 3 is 2.73 bits per heavy atom. The molecule has 2 bridgehead atoms. The third-order valence-corrected chi connectivity index (χ3v) is 5.93. The summed E-state index contributed by atoms with van der Waals surface area (Å²) >= 11 is 0. The Labute approximate surface area is 132 Å². The van der Waals surface area contributed by atoms with E-state index in [2.05, 4.69) is 25.7 Å². The minimum atomic E-state index is -0.400. The first-order chi connectivity index (χ1) is 10.3. The summed E-state index contributed by atoms with van der Waals surface area (Å²) < 4.78 is 5.37. The van der Waals surface area contributed by atoms with Crippen molar-refractivity contribution in [3.8, 4) is 5.75 Å². The molecule has 1 aromatic rings. The molecule has 0 saturated heterocycles. The number of hydrogen-bond acceptors (Lipinski definition) is 2. The Morgan fingerprint density at radius 2 is 2.14 bits per heavy atom. The van der Waals surface area contributed by atoms with E-state index in [1.807, 2.05) is 25.1 Å². The number of aryl methyl sites for hydroxylation is 1. The molecule has 0 unspecified atom stereocenters. The standard InChI is InChI=1S/C19H25NO2/c1-12-6-7-16(22-5)15(10-12)20-17(21)19-9-8-14(11-19)18(3,4)13(19)2/h6-7,10,14H,2,8-9,11H2,1,3-5H3,(H,20,21)/t14-,19-/m1/s1. The monoisotopic (exact) mass is 299 g/mol. The van der Waals surface area contributed by atoms with Crippen molar-refractivity contribution in [2.75, 3.05) is 12.4 Å². The van der Waals surface area contributed by atoms with Crippen LogP contribution in [0.25, 0.3) is 0 Å². The van der Waals surface area contributed by atoms with Crippen LogP contribution in [0, 0.1) is 23.7 Å². The second-order valence-electron chi connectivity index (χ2n) is 7.38. The lowest BCUT2D eigenvalue weighted by Gasteiger charge is -2.37. The molecule has 118 valence electrons. The Kier molecular flexibility index (Phi) is 3.35. The van der Waals surface area contributed by atoms with Gasteiger partial charge in [-0.1, -0.05) is 32.1 Å². The molecule has 2 saturated carbocycles. The summed E-state index contributed by atoms with van der Waals surface area (Å²) in [7, 11) is 1.63. The highest BCUT2D eigenvalue weighted by atomic mass is 16.5. The maximum absolute atomic E-state index is 13.0. The average molecular weight is 299 g/mol. The zero-order valence-corrected chi connectivity index (χ0v) is 14.0. The number of fused-ring (bicyclic) bond motifs is 2. The van der Waals surface area contributed by atoms with Crippen molar-refractivity contribution in [1.29, 1.82) is 0 Å². The van der Waals surface area contributed by atoms with Crippen molar-refractivity contribution in [3.63, 3.8) is 0 Å². The summed E-state index contributed by atoms with van der Waals surface area (Å²) in [5, 5.41) is 3.11. The number of ether oxygens (including phenoxy) is 1. The fraction of sp³-hybridized carbons (Fsp3) is 0.526. The minimum absolute atomic E-state index is 0.0618. The molecule has 3 rings (SSSR count). The number of rotatable bonds is 3. The fourth-order valence-corrected chi connectivity index (χ4v) is 4.30. The molecular formula is C19H25NO2. The molecule has 3 nitrogen and oxygen atoms in total. The summed E-state index contributed by atoms with van der Waals surface area (Å²) in [5.41, 5.74) is 2.61. The van der Waals surface area contributed by atoms with Crippen molar-refractivity contribution >= 4 is 11.6 Å². The normalized spacial score (nSPS) is 28.7. The van der Waals surface area contributed by atoms with E-state index >= 15 is 0 Å². The molecule has 2 atom stereocenters. The second kappa shape index (κ2) is 4.87. The van der Waals surface area contributed by atoms with E-state index < -0.39 is 5.41 Å². The van der Waals surface area contributed by atoms with E-state index in [-0.39, 0.29) is 11.3 Å². The van der Waals surface area contributed by atoms with Gasteiger partial charge in [-0.05, 0) is 55.2 Å². The number of carbonyl (C=O) groups is 1. The van der Waals surface area contributed by atoms with Gasteiger partial charge in [0.25, 0.3) is 0 Å². The maximum Gasteiger partial charge on any atom is 0.234 e. The van der Waals surface area contributed by atoms with E-state index in [9.17, 15) is 4.79 Å². The third-order valence-electron chi connectivity index (χ3n) is 5.93. The summed E-state index contributed by atoms with van der Waals surface area (Å²) in [6.07, 6.45) is 2.96. The smallest absolute Gasteiger partial charge is 0.234 e. The quantitative estimate of drug-likeness (QED) is 0.844. The van der Waals surface area contributed by atoms with Crippen molar-refractivity contribution in [2.45, 2.75) is 40.0 Å². The van der Waals surface area contributed by atoms with Crippen LogP contribution in [-0.4, -0.2) is 13.0 Å². The Bertz CT molecular complexity index is 647. The van der Waals surface area contributed by atoms with Gasteiger partial charge in [0.05, 0.1) is 18.2 Å². The van der Waals surface area contributed by atoms with Crippen LogP contribution in [0.1, 0.15) is 38.7 Å². The number of anilines is 1. The number of nitrogens with one attached hydrogen (secondary N) is 1. The van der Waals surface area contributed by atoms with Crippen LogP contribution in [0.5, 0.6) is 5.75 Å². The largest absolute Gasteiger partial charge is 0.495 e. The molecule has 1 amide bonds. The third kappa shape index (κ3) is 1.98. The molecule has 3 heteroatoms. The molecule has 0 radical (unpaired) electrons. The van der Waals surface area contributed by atoms with E-state index in [1.54, 1.807) is 7.11 Å². The minimum Gasteiger partial charge on any atom is -0.495 e. The highest BCUT2D eigenvalue weighted by Crippen LogP contribution is 2.65. The first-order valence-electron chi connectivity index (χ1n) is 7.97. The number of hydrogen-bond donors (Lipinski definition) is 1. The van der Waals surface area contributed by atoms with E-state index in [0.717, 1.165) is 36.1 Å². The molecule has 1 aromatic carbocycles. The SMILES string of the molecule is C=C1C(C)(C)[C@@H]2CC[C@@]1(C(=O)Nc1cc(C)ccc1OC)C2. The summed E-state index contributed by atoms with van der Waals surface area (Å²) in [6, 6.07) is 5.84. The van der Waals surface area contributed by atoms with Gasteiger partial charge in [0, 0.05) is 0 Å². The van der Waals surface area contributed by atoms with Crippen LogP contribution in [-0.2, 0) is 4.79 Å². The lowest BCUT2D eigenvalue weighted by Crippen LogP contribution is -2.37. The predicted octanol–water partition coefficient (Wildman–Crippen LogP) is 4.32. The van der Waals surface area contributed by atoms with Gasteiger partial charge in [0.15, 0.2) is 0 Å². The van der Waals surface area contributed by atoms with E-state index in [0.29, 0.717) is 11.7 Å². The van der Waals surface area contributed by atoms with Gasteiger partial charge in [0.2, 0.25) is 5.91 Å². The summed E-state index contributed by atoms with van der Waals surface area (Å²) in [5.74, 6) is 1.35. The van der Waals surface area contributed by atoms with Gasteiger partial charge in [-0.25, -0.2) is 0 Å². The van der Waals surface area contributed by atoms with Crippen LogP contribution >= 0.6 is 0 Å². The molecular weight excluding hydrogens is 274 g/mol. The van der Waals surface area contributed by atoms with E-state index in [4.69, 9.17) is 4.74 Å². The van der Waals surface area contributed by atoms with Crippen molar-refractivity contribution in [3.05, 3.63) is 35.9 Å². The predicted molar refractivity (Wildman–Crippen MR) is 89.1 cm³/mol. The van der Waals surface area contributed by atoms with Gasteiger partial charge >= 0.3 is 0 Å². The highest BCUT2D eigenvalue weighted by Gasteiger charge is 2.60. The van der Waals surface area contributed by atoms with Crippen molar-refractivity contribution in [2.24, 2.45) is 16.7 Å². The molecule has 2 fully saturated rings. The Morgan fingerprint density at radius 1 is 1.41 bits per heavy atom. The average Bonchev–Trinajstić information content (AvgIpc) is 2.99. The van der Waals surface area contributed by atoms with Gasteiger partial charge in [-0.3, -0.25) is 4.79 Å². The first-order valence-corrected chi connectivity index (χ1v) is 7.97. The molecule has 0 heterocycles. The van der Waals surface area contributed by atoms with Crippen LogP contribution < -0.4 is 10.1 Å². The van der Waals surface area contributed by atoms with Gasteiger partial charge < -0.3 is 10.1 Å². The zero-order chi connectivity index (χ0) is 16.1. The summed E-state index contributed by atoms with van der Waals surface area (Å²) in [4.78, 5) is 13.0. The fourth-order valence-electron chi connectivity index (χ4n) is 4.30. The number of benzene rings is 1. The van der Waals surface area contributed by atoms with Gasteiger partial charge in [-0.15, -0.1) is 0 Å². The Hall–Kier alpha value is -1.77. The van der Waals surface area contributed by atoms with Crippen LogP contribution in [0.3, 0.4) is 0 Å². The molecule has 2 aliphatic rings. The summed E-state index contributed by atoms with van der Waals surface area (Å²) in [6.45, 7) is 10.8. The molecule has 0 aromatic heterocycles. The van der Waals surface area contributed by atoms with Crippen molar-refractivity contribution in [1.82, 2.24) is 0 Å². The maximum atomic E-state index is 13.0. The second-order valence-corrected chi connectivity index (χ2v) is 7.38. The van der Waals surface area contributed by atoms with Crippen LogP contribution in [0.4, 0.5) is 5.69 Å². The number of carbonyl (C=O) groups excluding carboxylic acids is 1. The molecule has 0 aliphatic heterocycles. The number of amides is 1. The van der Waals surface area contributed by atoms with E-state index in [1.165, 1.54) is 0 Å². The van der Waals surface area contributed by atoms with Crippen LogP contribution in [0.2, 0.25) is 0 Å². The highest BCUT2D eigenvalue weighted by molar-refractivity contribution is 5.99. The molecule has 0 spiro atoms. The Balaban J connectivity index is 1.90. The molecule has 2 aliphatic carbocycles. The van der Waals surface area contributed by atoms with Gasteiger partial charge in [0.1, 0.15) is 5.75 Å². The van der Waals surface area contributed by atoms with Crippen molar-refractivity contribution < 1.29 is 9.53 Å². The lowest BCUT2D eigenvalue weighted by molar-refractivity contribution is -0.123. The number of methoxy groups -OCH3 is 1. The molecule has 22 heavy (non-hydrogen) atoms. The topological polar surface area (TPSA) is 38.3 Å². The van der Waals surface area contributed by atoms with Crippen LogP contribution in [0.15, 0.2) is 30.4 Å². The lowest BCUT2D eigenvalue weighted by atomic mass is 9.68.